The van der Waals surface area contributed by atoms with E-state index >= 15 is 0 Å². The summed E-state index contributed by atoms with van der Waals surface area (Å²) in [7, 11) is 0. The van der Waals surface area contributed by atoms with Gasteiger partial charge in [0.2, 0.25) is 5.89 Å². The molecule has 4 heteroatoms. The Balaban J connectivity index is 1.46. The number of hydrogen-bond acceptors (Lipinski definition) is 3. The fourth-order valence-electron chi connectivity index (χ4n) is 3.67. The number of hydrogen-bond donors (Lipinski definition) is 1. The normalized spacial score (nSPS) is 11.1. The van der Waals surface area contributed by atoms with Crippen LogP contribution in [0.25, 0.3) is 33.3 Å². The van der Waals surface area contributed by atoms with Gasteiger partial charge in [0.1, 0.15) is 5.52 Å². The Morgan fingerprint density at radius 2 is 1.63 bits per heavy atom. The van der Waals surface area contributed by atoms with Crippen molar-refractivity contribution in [1.29, 1.82) is 0 Å². The van der Waals surface area contributed by atoms with Gasteiger partial charge in [0.05, 0.1) is 0 Å². The molecule has 146 valence electrons. The number of fused-ring (bicyclic) bond motifs is 2. The molecule has 30 heavy (non-hydrogen) atoms. The summed E-state index contributed by atoms with van der Waals surface area (Å²) >= 11 is 0. The van der Waals surface area contributed by atoms with Gasteiger partial charge in [0.25, 0.3) is 5.91 Å². The highest BCUT2D eigenvalue weighted by Gasteiger charge is 2.13. The number of rotatable bonds is 3. The van der Waals surface area contributed by atoms with Crippen LogP contribution >= 0.6 is 0 Å². The highest BCUT2D eigenvalue weighted by Crippen LogP contribution is 2.27. The van der Waals surface area contributed by atoms with Gasteiger partial charge in [-0.05, 0) is 66.6 Å². The Hall–Kier alpha value is -3.92. The van der Waals surface area contributed by atoms with Gasteiger partial charge < -0.3 is 9.73 Å². The maximum absolute atomic E-state index is 13.0. The monoisotopic (exact) mass is 392 g/mol. The van der Waals surface area contributed by atoms with E-state index < -0.39 is 0 Å². The molecule has 0 saturated heterocycles. The van der Waals surface area contributed by atoms with E-state index in [2.05, 4.69) is 10.3 Å². The number of carbonyl (C=O) groups is 1. The largest absolute Gasteiger partial charge is 0.436 e. The van der Waals surface area contributed by atoms with Crippen molar-refractivity contribution in [2.24, 2.45) is 0 Å². The number of carbonyl (C=O) groups excluding carboxylic acids is 1. The van der Waals surface area contributed by atoms with Crippen LogP contribution in [0.3, 0.4) is 0 Å². The van der Waals surface area contributed by atoms with Crippen molar-refractivity contribution in [3.05, 3.63) is 95.6 Å². The number of nitrogens with one attached hydrogen (secondary N) is 1. The number of benzene rings is 4. The Kier molecular flexibility index (Phi) is 4.32. The minimum atomic E-state index is -0.146. The highest BCUT2D eigenvalue weighted by molar-refractivity contribution is 6.13. The topological polar surface area (TPSA) is 55.1 Å². The zero-order chi connectivity index (χ0) is 20.7. The number of aromatic nitrogens is 1. The van der Waals surface area contributed by atoms with Crippen molar-refractivity contribution < 1.29 is 9.21 Å². The van der Waals surface area contributed by atoms with Crippen LogP contribution in [-0.2, 0) is 0 Å². The fraction of sp³-hybridized carbons (Fsp3) is 0.0769. The molecule has 0 saturated carbocycles. The lowest BCUT2D eigenvalue weighted by Crippen LogP contribution is -2.12. The van der Waals surface area contributed by atoms with Gasteiger partial charge in [-0.3, -0.25) is 4.79 Å². The lowest BCUT2D eigenvalue weighted by molar-refractivity contribution is 0.102. The molecule has 1 N–H and O–H groups in total. The zero-order valence-corrected chi connectivity index (χ0v) is 16.8. The van der Waals surface area contributed by atoms with Gasteiger partial charge in [-0.25, -0.2) is 4.98 Å². The Labute approximate surface area is 174 Å². The molecule has 0 spiro atoms. The van der Waals surface area contributed by atoms with Gasteiger partial charge in [-0.1, -0.05) is 48.0 Å². The Morgan fingerprint density at radius 1 is 0.867 bits per heavy atom. The van der Waals surface area contributed by atoms with Crippen LogP contribution in [0.2, 0.25) is 0 Å². The summed E-state index contributed by atoms with van der Waals surface area (Å²) < 4.78 is 5.89. The summed E-state index contributed by atoms with van der Waals surface area (Å²) in [5, 5.41) is 5.02. The van der Waals surface area contributed by atoms with E-state index in [1.54, 1.807) is 0 Å². The van der Waals surface area contributed by atoms with Crippen molar-refractivity contribution in [2.45, 2.75) is 13.8 Å². The summed E-state index contributed by atoms with van der Waals surface area (Å²) in [6, 6.07) is 25.4. The van der Waals surface area contributed by atoms with Gasteiger partial charge in [0, 0.05) is 16.8 Å². The summed E-state index contributed by atoms with van der Waals surface area (Å²) in [6.45, 7) is 4.09. The smallest absolute Gasteiger partial charge is 0.256 e. The van der Waals surface area contributed by atoms with Crippen molar-refractivity contribution in [2.75, 3.05) is 5.32 Å². The molecule has 0 aliphatic heterocycles. The van der Waals surface area contributed by atoms with Crippen LogP contribution in [0.15, 0.2) is 83.3 Å². The SMILES string of the molecule is Cc1ccc(-c2nc3cc(NC(=O)c4ccc(C)c5ccccc45)ccc3o2)cc1. The quantitative estimate of drug-likeness (QED) is 0.380. The van der Waals surface area contributed by atoms with Crippen molar-refractivity contribution in [1.82, 2.24) is 4.98 Å². The van der Waals surface area contributed by atoms with Crippen LogP contribution in [-0.4, -0.2) is 10.9 Å². The number of amides is 1. The van der Waals surface area contributed by atoms with Crippen molar-refractivity contribution in [3.8, 4) is 11.5 Å². The van der Waals surface area contributed by atoms with E-state index in [1.165, 1.54) is 5.56 Å². The van der Waals surface area contributed by atoms with E-state index in [9.17, 15) is 4.79 Å². The molecule has 0 aliphatic rings. The second-order valence-corrected chi connectivity index (χ2v) is 7.50. The molecule has 0 atom stereocenters. The summed E-state index contributed by atoms with van der Waals surface area (Å²) in [5.74, 6) is 0.422. The molecule has 4 aromatic carbocycles. The Morgan fingerprint density at radius 3 is 2.43 bits per heavy atom. The second kappa shape index (κ2) is 7.16. The average Bonchev–Trinajstić information content (AvgIpc) is 3.18. The minimum Gasteiger partial charge on any atom is -0.436 e. The van der Waals surface area contributed by atoms with E-state index in [4.69, 9.17) is 4.42 Å². The number of oxazole rings is 1. The van der Waals surface area contributed by atoms with Crippen LogP contribution < -0.4 is 5.32 Å². The third-order valence-electron chi connectivity index (χ3n) is 5.33. The van der Waals surface area contributed by atoms with Crippen molar-refractivity contribution in [3.63, 3.8) is 0 Å². The summed E-state index contributed by atoms with van der Waals surface area (Å²) in [4.78, 5) is 17.6. The number of aryl methyl sites for hydroxylation is 2. The fourth-order valence-corrected chi connectivity index (χ4v) is 3.67. The van der Waals surface area contributed by atoms with E-state index in [0.717, 1.165) is 21.9 Å². The predicted octanol–water partition coefficient (Wildman–Crippen LogP) is 6.52. The molecule has 4 nitrogen and oxygen atoms in total. The van der Waals surface area contributed by atoms with E-state index in [-0.39, 0.29) is 5.91 Å². The van der Waals surface area contributed by atoms with Crippen LogP contribution in [0.5, 0.6) is 0 Å². The van der Waals surface area contributed by atoms with Crippen LogP contribution in [0.1, 0.15) is 21.5 Å². The van der Waals surface area contributed by atoms with Crippen LogP contribution in [0, 0.1) is 13.8 Å². The summed E-state index contributed by atoms with van der Waals surface area (Å²) in [6.07, 6.45) is 0. The zero-order valence-electron chi connectivity index (χ0n) is 16.8. The first-order chi connectivity index (χ1) is 14.6. The molecular weight excluding hydrogens is 372 g/mol. The van der Waals surface area contributed by atoms with E-state index in [0.29, 0.717) is 28.2 Å². The molecule has 0 aliphatic carbocycles. The lowest BCUT2D eigenvalue weighted by atomic mass is 10.00. The molecule has 1 heterocycles. The third-order valence-corrected chi connectivity index (χ3v) is 5.33. The molecule has 1 aromatic heterocycles. The first-order valence-corrected chi connectivity index (χ1v) is 9.86. The maximum Gasteiger partial charge on any atom is 0.256 e. The van der Waals surface area contributed by atoms with E-state index in [1.807, 2.05) is 92.7 Å². The molecule has 0 fully saturated rings. The molecule has 0 bridgehead atoms. The lowest BCUT2D eigenvalue weighted by Gasteiger charge is -2.10. The first-order valence-electron chi connectivity index (χ1n) is 9.86. The van der Waals surface area contributed by atoms with Crippen molar-refractivity contribution >= 4 is 33.5 Å². The summed E-state index contributed by atoms with van der Waals surface area (Å²) in [5.41, 5.74) is 5.98. The molecule has 0 unspecified atom stereocenters. The number of nitrogens with zero attached hydrogens (tertiary/aromatic N) is 1. The molecular formula is C26H20N2O2. The Bertz CT molecular complexity index is 1400. The third kappa shape index (κ3) is 3.22. The molecule has 5 rings (SSSR count). The molecule has 0 radical (unpaired) electrons. The minimum absolute atomic E-state index is 0.146. The van der Waals surface area contributed by atoms with Crippen LogP contribution in [0.4, 0.5) is 5.69 Å². The average molecular weight is 392 g/mol. The standard InChI is InChI=1S/C26H20N2O2/c1-16-7-10-18(11-8-16)26-28-23-15-19(12-14-24(23)30-26)27-25(29)22-13-9-17(2)20-5-3-4-6-21(20)22/h3-15H,1-2H3,(H,27,29). The van der Waals surface area contributed by atoms with Gasteiger partial charge in [-0.15, -0.1) is 0 Å². The predicted molar refractivity (Wildman–Crippen MR) is 121 cm³/mol. The first kappa shape index (κ1) is 18.1. The molecule has 1 amide bonds. The maximum atomic E-state index is 13.0. The highest BCUT2D eigenvalue weighted by atomic mass is 16.3. The van der Waals surface area contributed by atoms with Gasteiger partial charge >= 0.3 is 0 Å². The molecule has 5 aromatic rings. The number of anilines is 1. The van der Waals surface area contributed by atoms with Gasteiger partial charge in [-0.2, -0.15) is 0 Å². The van der Waals surface area contributed by atoms with Gasteiger partial charge in [0.15, 0.2) is 5.58 Å². The second-order valence-electron chi connectivity index (χ2n) is 7.50.